The van der Waals surface area contributed by atoms with E-state index in [9.17, 15) is 4.79 Å². The van der Waals surface area contributed by atoms with Gasteiger partial charge in [0, 0.05) is 13.2 Å². The van der Waals surface area contributed by atoms with E-state index in [4.69, 9.17) is 0 Å². The lowest BCUT2D eigenvalue weighted by Gasteiger charge is -2.22. The second kappa shape index (κ2) is 4.17. The van der Waals surface area contributed by atoms with Crippen LogP contribution in [0, 0.1) is 0 Å². The summed E-state index contributed by atoms with van der Waals surface area (Å²) in [7, 11) is 1.81. The minimum atomic E-state index is -0.546. The monoisotopic (exact) mass is 228 g/mol. The Morgan fingerprint density at radius 1 is 1.18 bits per heavy atom. The molecule has 0 amide bonds. The molecule has 0 spiro atoms. The van der Waals surface area contributed by atoms with E-state index in [-0.39, 0.29) is 5.78 Å². The van der Waals surface area contributed by atoms with E-state index in [0.29, 0.717) is 5.69 Å². The number of Topliss-reactive ketones (excluding diaryl/α,β-unsaturated/α-hetero) is 1. The first-order valence-electron chi connectivity index (χ1n) is 5.62. The van der Waals surface area contributed by atoms with Crippen LogP contribution < -0.4 is 0 Å². The molecule has 0 unspecified atom stereocenters. The molecule has 3 nitrogen and oxygen atoms in total. The van der Waals surface area contributed by atoms with Gasteiger partial charge in [-0.15, -0.1) is 0 Å². The number of ketones is 1. The molecule has 2 aromatic rings. The normalized spacial score (nSPS) is 11.5. The molecule has 0 saturated carbocycles. The molecule has 0 radical (unpaired) electrons. The van der Waals surface area contributed by atoms with Crippen LogP contribution in [0.15, 0.2) is 42.6 Å². The van der Waals surface area contributed by atoms with Crippen molar-refractivity contribution in [3.8, 4) is 0 Å². The highest BCUT2D eigenvalue weighted by Crippen LogP contribution is 2.26. The van der Waals surface area contributed by atoms with Gasteiger partial charge in [-0.05, 0) is 25.5 Å². The molecule has 0 N–H and O–H groups in total. The molecule has 0 atom stereocenters. The van der Waals surface area contributed by atoms with Crippen LogP contribution in [0.2, 0.25) is 0 Å². The van der Waals surface area contributed by atoms with Crippen molar-refractivity contribution < 1.29 is 4.79 Å². The van der Waals surface area contributed by atoms with Gasteiger partial charge in [-0.25, -0.2) is 0 Å². The van der Waals surface area contributed by atoms with Gasteiger partial charge < -0.3 is 0 Å². The fourth-order valence-electron chi connectivity index (χ4n) is 1.84. The van der Waals surface area contributed by atoms with Gasteiger partial charge in [0.25, 0.3) is 0 Å². The van der Waals surface area contributed by atoms with Gasteiger partial charge in [0.2, 0.25) is 0 Å². The molecule has 0 fully saturated rings. The SMILES string of the molecule is Cn1ccc(C(=O)C(C)(C)c2ccccc2)n1. The van der Waals surface area contributed by atoms with Gasteiger partial charge in [-0.1, -0.05) is 30.3 Å². The molecule has 0 saturated heterocycles. The number of nitrogens with zero attached hydrogens (tertiary/aromatic N) is 2. The van der Waals surface area contributed by atoms with Crippen molar-refractivity contribution in [1.29, 1.82) is 0 Å². The smallest absolute Gasteiger partial charge is 0.192 e. The summed E-state index contributed by atoms with van der Waals surface area (Å²) in [5.41, 5.74) is 0.979. The van der Waals surface area contributed by atoms with E-state index in [1.54, 1.807) is 16.9 Å². The summed E-state index contributed by atoms with van der Waals surface area (Å²) in [6, 6.07) is 11.5. The topological polar surface area (TPSA) is 34.9 Å². The van der Waals surface area contributed by atoms with Gasteiger partial charge in [0.15, 0.2) is 5.78 Å². The molecule has 3 heteroatoms. The molecule has 88 valence electrons. The molecule has 17 heavy (non-hydrogen) atoms. The predicted octanol–water partition coefficient (Wildman–Crippen LogP) is 2.58. The Balaban J connectivity index is 2.36. The fraction of sp³-hybridized carbons (Fsp3) is 0.286. The van der Waals surface area contributed by atoms with Crippen LogP contribution in [0.25, 0.3) is 0 Å². The van der Waals surface area contributed by atoms with E-state index in [2.05, 4.69) is 5.10 Å². The Hall–Kier alpha value is -1.90. The number of aryl methyl sites for hydroxylation is 1. The lowest BCUT2D eigenvalue weighted by atomic mass is 9.79. The predicted molar refractivity (Wildman–Crippen MR) is 67.0 cm³/mol. The van der Waals surface area contributed by atoms with Crippen molar-refractivity contribution >= 4 is 5.78 Å². The summed E-state index contributed by atoms with van der Waals surface area (Å²) in [6.45, 7) is 3.86. The maximum atomic E-state index is 12.4. The second-order valence-electron chi connectivity index (χ2n) is 4.69. The highest BCUT2D eigenvalue weighted by atomic mass is 16.1. The van der Waals surface area contributed by atoms with Gasteiger partial charge in [-0.3, -0.25) is 9.48 Å². The van der Waals surface area contributed by atoms with Gasteiger partial charge >= 0.3 is 0 Å². The zero-order chi connectivity index (χ0) is 12.5. The van der Waals surface area contributed by atoms with Crippen molar-refractivity contribution in [3.63, 3.8) is 0 Å². The van der Waals surface area contributed by atoms with Gasteiger partial charge in [0.1, 0.15) is 5.69 Å². The quantitative estimate of drug-likeness (QED) is 0.757. The first-order chi connectivity index (χ1) is 8.01. The van der Waals surface area contributed by atoms with Crippen LogP contribution in [0.4, 0.5) is 0 Å². The third-order valence-electron chi connectivity index (χ3n) is 3.01. The Morgan fingerprint density at radius 3 is 2.35 bits per heavy atom. The number of carbonyl (C=O) groups is 1. The maximum absolute atomic E-state index is 12.4. The molecule has 2 rings (SSSR count). The number of hydrogen-bond acceptors (Lipinski definition) is 2. The number of carbonyl (C=O) groups excluding carboxylic acids is 1. The standard InChI is InChI=1S/C14H16N2O/c1-14(2,11-7-5-4-6-8-11)13(17)12-9-10-16(3)15-12/h4-10H,1-3H3. The van der Waals surface area contributed by atoms with E-state index >= 15 is 0 Å². The summed E-state index contributed by atoms with van der Waals surface area (Å²) in [6.07, 6.45) is 1.79. The Kier molecular flexibility index (Phi) is 2.84. The van der Waals surface area contributed by atoms with Crippen molar-refractivity contribution in [3.05, 3.63) is 53.9 Å². The fourth-order valence-corrected chi connectivity index (χ4v) is 1.84. The first kappa shape index (κ1) is 11.6. The molecule has 0 aliphatic heterocycles. The van der Waals surface area contributed by atoms with Crippen LogP contribution in [0.3, 0.4) is 0 Å². The zero-order valence-corrected chi connectivity index (χ0v) is 10.3. The third-order valence-corrected chi connectivity index (χ3v) is 3.01. The molecule has 1 aromatic heterocycles. The highest BCUT2D eigenvalue weighted by Gasteiger charge is 2.31. The Labute approximate surface area is 101 Å². The van der Waals surface area contributed by atoms with E-state index < -0.39 is 5.41 Å². The molecule has 0 bridgehead atoms. The van der Waals surface area contributed by atoms with Crippen molar-refractivity contribution in [2.45, 2.75) is 19.3 Å². The summed E-state index contributed by atoms with van der Waals surface area (Å²) in [5.74, 6) is 0.0456. The van der Waals surface area contributed by atoms with E-state index in [1.807, 2.05) is 51.2 Å². The van der Waals surface area contributed by atoms with Crippen molar-refractivity contribution in [1.82, 2.24) is 9.78 Å². The summed E-state index contributed by atoms with van der Waals surface area (Å²) in [4.78, 5) is 12.4. The minimum absolute atomic E-state index is 0.0456. The van der Waals surface area contributed by atoms with Crippen LogP contribution in [0.1, 0.15) is 29.9 Å². The zero-order valence-electron chi connectivity index (χ0n) is 10.3. The first-order valence-corrected chi connectivity index (χ1v) is 5.62. The molecule has 0 aliphatic rings. The van der Waals surface area contributed by atoms with Crippen LogP contribution in [-0.2, 0) is 12.5 Å². The largest absolute Gasteiger partial charge is 0.291 e. The van der Waals surface area contributed by atoms with Crippen molar-refractivity contribution in [2.24, 2.45) is 7.05 Å². The Bertz CT molecular complexity index is 526. The summed E-state index contributed by atoms with van der Waals surface area (Å²) in [5, 5.41) is 4.17. The molecule has 1 heterocycles. The second-order valence-corrected chi connectivity index (χ2v) is 4.69. The van der Waals surface area contributed by atoms with Crippen LogP contribution in [-0.4, -0.2) is 15.6 Å². The average Bonchev–Trinajstić information content (AvgIpc) is 2.76. The molecular weight excluding hydrogens is 212 g/mol. The molecule has 1 aromatic carbocycles. The number of hydrogen-bond donors (Lipinski definition) is 0. The summed E-state index contributed by atoms with van der Waals surface area (Å²) >= 11 is 0. The maximum Gasteiger partial charge on any atom is 0.192 e. The van der Waals surface area contributed by atoms with Crippen LogP contribution >= 0.6 is 0 Å². The van der Waals surface area contributed by atoms with Gasteiger partial charge in [0.05, 0.1) is 5.41 Å². The highest BCUT2D eigenvalue weighted by molar-refractivity contribution is 6.02. The van der Waals surface area contributed by atoms with Crippen molar-refractivity contribution in [2.75, 3.05) is 0 Å². The Morgan fingerprint density at radius 2 is 1.82 bits per heavy atom. The lowest BCUT2D eigenvalue weighted by Crippen LogP contribution is -2.29. The number of rotatable bonds is 3. The minimum Gasteiger partial charge on any atom is -0.291 e. The van der Waals surface area contributed by atoms with Gasteiger partial charge in [-0.2, -0.15) is 5.10 Å². The third kappa shape index (κ3) is 2.13. The molecule has 0 aliphatic carbocycles. The number of benzene rings is 1. The van der Waals surface area contributed by atoms with E-state index in [0.717, 1.165) is 5.56 Å². The summed E-state index contributed by atoms with van der Waals surface area (Å²) < 4.78 is 1.65. The van der Waals surface area contributed by atoms with Crippen LogP contribution in [0.5, 0.6) is 0 Å². The molecular formula is C14H16N2O. The number of aromatic nitrogens is 2. The van der Waals surface area contributed by atoms with E-state index in [1.165, 1.54) is 0 Å². The lowest BCUT2D eigenvalue weighted by molar-refractivity contribution is 0.0903. The average molecular weight is 228 g/mol.